The molecule has 1 aromatic rings. The molecule has 0 saturated carbocycles. The van der Waals surface area contributed by atoms with Gasteiger partial charge in [0.15, 0.2) is 0 Å². The molecule has 2 nitrogen and oxygen atoms in total. The molecular formula is C11H14ClNO. The van der Waals surface area contributed by atoms with E-state index in [-0.39, 0.29) is 0 Å². The molecule has 76 valence electrons. The quantitative estimate of drug-likeness (QED) is 0.813. The zero-order valence-corrected chi connectivity index (χ0v) is 8.97. The minimum Gasteiger partial charge on any atom is -0.492 e. The van der Waals surface area contributed by atoms with Gasteiger partial charge in [-0.05, 0) is 12.6 Å². The van der Waals surface area contributed by atoms with E-state index >= 15 is 0 Å². The molecule has 1 N–H and O–H groups in total. The highest BCUT2D eigenvalue weighted by molar-refractivity contribution is 6.32. The maximum atomic E-state index is 6.05. The molecular weight excluding hydrogens is 198 g/mol. The van der Waals surface area contributed by atoms with Crippen molar-refractivity contribution in [3.63, 3.8) is 0 Å². The lowest BCUT2D eigenvalue weighted by molar-refractivity contribution is 0.254. The topological polar surface area (TPSA) is 21.3 Å². The van der Waals surface area contributed by atoms with E-state index in [1.165, 1.54) is 5.56 Å². The molecule has 14 heavy (non-hydrogen) atoms. The summed E-state index contributed by atoms with van der Waals surface area (Å²) in [6.07, 6.45) is 1.02. The number of halogens is 1. The molecule has 0 bridgehead atoms. The Kier molecular flexibility index (Phi) is 2.94. The Balaban J connectivity index is 2.34. The molecule has 0 aromatic heterocycles. The Hall–Kier alpha value is -0.730. The molecule has 1 aliphatic rings. The highest BCUT2D eigenvalue weighted by Crippen LogP contribution is 2.37. The van der Waals surface area contributed by atoms with Gasteiger partial charge >= 0.3 is 0 Å². The van der Waals surface area contributed by atoms with E-state index in [0.717, 1.165) is 25.3 Å². The van der Waals surface area contributed by atoms with Crippen LogP contribution in [0.25, 0.3) is 0 Å². The first-order chi connectivity index (χ1) is 6.83. The van der Waals surface area contributed by atoms with Gasteiger partial charge in [0.05, 0.1) is 11.6 Å². The molecule has 0 aliphatic carbocycles. The molecule has 3 heteroatoms. The van der Waals surface area contributed by atoms with Crippen LogP contribution >= 0.6 is 11.6 Å². The normalized spacial score (nSPS) is 20.0. The first-order valence-corrected chi connectivity index (χ1v) is 5.35. The van der Waals surface area contributed by atoms with Crippen molar-refractivity contribution in [3.8, 4) is 5.75 Å². The summed E-state index contributed by atoms with van der Waals surface area (Å²) in [5.74, 6) is 0.853. The largest absolute Gasteiger partial charge is 0.492 e. The van der Waals surface area contributed by atoms with Gasteiger partial charge in [0, 0.05) is 18.0 Å². The second-order valence-electron chi connectivity index (χ2n) is 3.41. The zero-order valence-electron chi connectivity index (χ0n) is 8.22. The van der Waals surface area contributed by atoms with Crippen LogP contribution in [0.1, 0.15) is 24.9 Å². The van der Waals surface area contributed by atoms with Gasteiger partial charge in [0.25, 0.3) is 0 Å². The highest BCUT2D eigenvalue weighted by atomic mass is 35.5. The third-order valence-corrected chi connectivity index (χ3v) is 2.77. The lowest BCUT2D eigenvalue weighted by Gasteiger charge is -2.26. The molecule has 0 fully saturated rings. The van der Waals surface area contributed by atoms with Gasteiger partial charge in [-0.2, -0.15) is 0 Å². The average Bonchev–Trinajstić information content (AvgIpc) is 2.20. The van der Waals surface area contributed by atoms with E-state index in [4.69, 9.17) is 16.3 Å². The summed E-state index contributed by atoms with van der Waals surface area (Å²) < 4.78 is 5.56. The van der Waals surface area contributed by atoms with Crippen LogP contribution in [0.4, 0.5) is 0 Å². The monoisotopic (exact) mass is 211 g/mol. The Morgan fingerprint density at radius 1 is 1.57 bits per heavy atom. The number of para-hydroxylation sites is 1. The Morgan fingerprint density at radius 2 is 2.43 bits per heavy atom. The first kappa shape index (κ1) is 9.81. The summed E-state index contributed by atoms with van der Waals surface area (Å²) in [5, 5.41) is 4.14. The van der Waals surface area contributed by atoms with Crippen molar-refractivity contribution in [2.24, 2.45) is 0 Å². The van der Waals surface area contributed by atoms with Gasteiger partial charge in [0.2, 0.25) is 0 Å². The molecule has 0 radical (unpaired) electrons. The summed E-state index contributed by atoms with van der Waals surface area (Å²) in [6, 6.07) is 6.31. The lowest BCUT2D eigenvalue weighted by Crippen LogP contribution is -2.26. The third-order valence-electron chi connectivity index (χ3n) is 2.48. The zero-order chi connectivity index (χ0) is 9.97. The Morgan fingerprint density at radius 3 is 3.21 bits per heavy atom. The summed E-state index contributed by atoms with van der Waals surface area (Å²) >= 11 is 6.05. The van der Waals surface area contributed by atoms with Crippen molar-refractivity contribution in [2.45, 2.75) is 19.4 Å². The highest BCUT2D eigenvalue weighted by Gasteiger charge is 2.21. The van der Waals surface area contributed by atoms with Gasteiger partial charge in [-0.3, -0.25) is 0 Å². The van der Waals surface area contributed by atoms with E-state index in [9.17, 15) is 0 Å². The van der Waals surface area contributed by atoms with Crippen molar-refractivity contribution in [2.75, 3.05) is 13.2 Å². The van der Waals surface area contributed by atoms with E-state index < -0.39 is 0 Å². The van der Waals surface area contributed by atoms with E-state index in [1.54, 1.807) is 0 Å². The maximum absolute atomic E-state index is 6.05. The number of ether oxygens (including phenoxy) is 1. The Labute approximate surface area is 89.2 Å². The fourth-order valence-electron chi connectivity index (χ4n) is 1.84. The first-order valence-electron chi connectivity index (χ1n) is 4.97. The van der Waals surface area contributed by atoms with Crippen molar-refractivity contribution in [3.05, 3.63) is 28.8 Å². The number of nitrogens with one attached hydrogen (secondary N) is 1. The third kappa shape index (κ3) is 1.72. The molecule has 1 unspecified atom stereocenters. The predicted octanol–water partition coefficient (Wildman–Crippen LogP) is 2.77. The Bertz CT molecular complexity index is 327. The standard InChI is InChI=1S/C11H14ClNO/c1-2-13-10-6-7-14-11-8(10)4-3-5-9(11)12/h3-5,10,13H,2,6-7H2,1H3. The molecule has 1 aromatic carbocycles. The fourth-order valence-corrected chi connectivity index (χ4v) is 2.08. The lowest BCUT2D eigenvalue weighted by atomic mass is 10.0. The van der Waals surface area contributed by atoms with Crippen LogP contribution < -0.4 is 10.1 Å². The second-order valence-corrected chi connectivity index (χ2v) is 3.81. The molecule has 0 spiro atoms. The van der Waals surface area contributed by atoms with Crippen LogP contribution in [0.2, 0.25) is 5.02 Å². The summed E-state index contributed by atoms with van der Waals surface area (Å²) in [6.45, 7) is 3.82. The molecule has 0 saturated heterocycles. The number of fused-ring (bicyclic) bond motifs is 1. The van der Waals surface area contributed by atoms with E-state index in [2.05, 4.69) is 18.3 Å². The molecule has 1 aliphatic heterocycles. The number of rotatable bonds is 2. The second kappa shape index (κ2) is 4.20. The van der Waals surface area contributed by atoms with Crippen molar-refractivity contribution in [1.29, 1.82) is 0 Å². The molecule has 1 atom stereocenters. The van der Waals surface area contributed by atoms with E-state index in [1.807, 2.05) is 12.1 Å². The van der Waals surface area contributed by atoms with Crippen LogP contribution in [0.3, 0.4) is 0 Å². The summed E-state index contributed by atoms with van der Waals surface area (Å²) in [5.41, 5.74) is 1.19. The molecule has 2 rings (SSSR count). The van der Waals surface area contributed by atoms with Crippen molar-refractivity contribution < 1.29 is 4.74 Å². The molecule has 1 heterocycles. The van der Waals surface area contributed by atoms with Crippen LogP contribution in [-0.4, -0.2) is 13.2 Å². The number of benzene rings is 1. The average molecular weight is 212 g/mol. The van der Waals surface area contributed by atoms with Crippen LogP contribution in [0, 0.1) is 0 Å². The predicted molar refractivity (Wildman–Crippen MR) is 58.0 cm³/mol. The SMILES string of the molecule is CCNC1CCOc2c(Cl)cccc21. The fraction of sp³-hybridized carbons (Fsp3) is 0.455. The van der Waals surface area contributed by atoms with Gasteiger partial charge in [-0.25, -0.2) is 0 Å². The molecule has 0 amide bonds. The summed E-state index contributed by atoms with van der Waals surface area (Å²) in [4.78, 5) is 0. The van der Waals surface area contributed by atoms with Gasteiger partial charge < -0.3 is 10.1 Å². The van der Waals surface area contributed by atoms with Gasteiger partial charge in [0.1, 0.15) is 5.75 Å². The summed E-state index contributed by atoms with van der Waals surface area (Å²) in [7, 11) is 0. The minimum absolute atomic E-state index is 0.391. The van der Waals surface area contributed by atoms with Crippen LogP contribution in [0.5, 0.6) is 5.75 Å². The van der Waals surface area contributed by atoms with Crippen molar-refractivity contribution in [1.82, 2.24) is 5.32 Å². The van der Waals surface area contributed by atoms with Crippen molar-refractivity contribution >= 4 is 11.6 Å². The van der Waals surface area contributed by atoms with Crippen LogP contribution in [-0.2, 0) is 0 Å². The minimum atomic E-state index is 0.391. The van der Waals surface area contributed by atoms with Gasteiger partial charge in [-0.15, -0.1) is 0 Å². The van der Waals surface area contributed by atoms with Gasteiger partial charge in [-0.1, -0.05) is 30.7 Å². The van der Waals surface area contributed by atoms with E-state index in [0.29, 0.717) is 11.1 Å². The van der Waals surface area contributed by atoms with Crippen LogP contribution in [0.15, 0.2) is 18.2 Å². The number of hydrogen-bond acceptors (Lipinski definition) is 2. The number of hydrogen-bond donors (Lipinski definition) is 1. The maximum Gasteiger partial charge on any atom is 0.142 e. The smallest absolute Gasteiger partial charge is 0.142 e.